The van der Waals surface area contributed by atoms with Crippen LogP contribution in [0.1, 0.15) is 23.7 Å². The van der Waals surface area contributed by atoms with Crippen LogP contribution >= 0.6 is 0 Å². The molecular weight excluding hydrogens is 344 g/mol. The lowest BCUT2D eigenvalue weighted by atomic mass is 10.0. The van der Waals surface area contributed by atoms with E-state index in [0.29, 0.717) is 0 Å². The quantitative estimate of drug-likeness (QED) is 0.614. The van der Waals surface area contributed by atoms with Crippen LogP contribution in [0.5, 0.6) is 0 Å². The first-order chi connectivity index (χ1) is 13.1. The maximum Gasteiger partial charge on any atom is 0.333 e. The number of hydrogen-bond donors (Lipinski definition) is 0. The van der Waals surface area contributed by atoms with Crippen LogP contribution in [-0.4, -0.2) is 23.8 Å². The molecule has 2 aliphatic heterocycles. The minimum atomic E-state index is -1.17. The van der Waals surface area contributed by atoms with Gasteiger partial charge < -0.3 is 14.2 Å². The Morgan fingerprint density at radius 1 is 1.07 bits per heavy atom. The standard InChI is InChI=1S/C22H18O5/c23-19(12-11-16-7-3-1-4-8-16)25-18-15-22(14-13-20(24)26-22)27-21(18)17-9-5-2-6-10-17/h1-14,18,21H,15H2/b12-11+/t18-,21-,22-/m0/s1. The molecule has 0 saturated carbocycles. The Labute approximate surface area is 156 Å². The monoisotopic (exact) mass is 362 g/mol. The Balaban J connectivity index is 1.52. The van der Waals surface area contributed by atoms with Crippen LogP contribution in [0.4, 0.5) is 0 Å². The molecule has 5 heteroatoms. The van der Waals surface area contributed by atoms with Gasteiger partial charge in [0, 0.05) is 12.2 Å². The second-order valence-corrected chi connectivity index (χ2v) is 6.44. The van der Waals surface area contributed by atoms with Crippen molar-refractivity contribution in [3.05, 3.63) is 90.0 Å². The van der Waals surface area contributed by atoms with E-state index in [0.717, 1.165) is 11.1 Å². The van der Waals surface area contributed by atoms with E-state index in [1.807, 2.05) is 60.7 Å². The molecule has 0 aromatic heterocycles. The van der Waals surface area contributed by atoms with Crippen LogP contribution in [0.2, 0.25) is 0 Å². The van der Waals surface area contributed by atoms with Crippen LogP contribution in [-0.2, 0) is 23.8 Å². The highest BCUT2D eigenvalue weighted by molar-refractivity contribution is 5.87. The SMILES string of the molecule is O=C1C=C[C@]2(C[C@H](OC(=O)/C=C/c3ccccc3)[C@H](c3ccccc3)O2)O1. The van der Waals surface area contributed by atoms with Gasteiger partial charge >= 0.3 is 11.9 Å². The number of rotatable bonds is 4. The zero-order valence-electron chi connectivity index (χ0n) is 14.5. The topological polar surface area (TPSA) is 61.8 Å². The van der Waals surface area contributed by atoms with Gasteiger partial charge in [0.25, 0.3) is 0 Å². The lowest BCUT2D eigenvalue weighted by molar-refractivity contribution is -0.193. The maximum atomic E-state index is 12.3. The van der Waals surface area contributed by atoms with Crippen LogP contribution < -0.4 is 0 Å². The molecule has 0 radical (unpaired) electrons. The first kappa shape index (κ1) is 17.2. The van der Waals surface area contributed by atoms with Crippen molar-refractivity contribution < 1.29 is 23.8 Å². The molecule has 4 rings (SSSR count). The molecule has 1 saturated heterocycles. The summed E-state index contributed by atoms with van der Waals surface area (Å²) in [6.07, 6.45) is 5.16. The molecule has 0 aliphatic carbocycles. The maximum absolute atomic E-state index is 12.3. The van der Waals surface area contributed by atoms with Crippen molar-refractivity contribution in [2.24, 2.45) is 0 Å². The van der Waals surface area contributed by atoms with E-state index in [1.165, 1.54) is 12.2 Å². The molecule has 2 heterocycles. The first-order valence-electron chi connectivity index (χ1n) is 8.72. The molecule has 2 aromatic rings. The molecule has 1 fully saturated rings. The van der Waals surface area contributed by atoms with E-state index in [-0.39, 0.29) is 6.42 Å². The van der Waals surface area contributed by atoms with Crippen molar-refractivity contribution in [1.29, 1.82) is 0 Å². The van der Waals surface area contributed by atoms with E-state index >= 15 is 0 Å². The van der Waals surface area contributed by atoms with E-state index in [1.54, 1.807) is 12.2 Å². The highest BCUT2D eigenvalue weighted by Gasteiger charge is 2.52. The molecule has 27 heavy (non-hydrogen) atoms. The lowest BCUT2D eigenvalue weighted by Crippen LogP contribution is -2.27. The fraction of sp³-hybridized carbons (Fsp3) is 0.182. The van der Waals surface area contributed by atoms with Crippen molar-refractivity contribution in [3.8, 4) is 0 Å². The van der Waals surface area contributed by atoms with Crippen molar-refractivity contribution in [3.63, 3.8) is 0 Å². The summed E-state index contributed by atoms with van der Waals surface area (Å²) in [5.41, 5.74) is 1.76. The summed E-state index contributed by atoms with van der Waals surface area (Å²) in [6.45, 7) is 0. The van der Waals surface area contributed by atoms with Gasteiger partial charge in [0.2, 0.25) is 5.79 Å². The van der Waals surface area contributed by atoms with Gasteiger partial charge in [-0.3, -0.25) is 0 Å². The van der Waals surface area contributed by atoms with E-state index < -0.39 is 29.9 Å². The summed E-state index contributed by atoms with van der Waals surface area (Å²) in [5.74, 6) is -2.11. The molecular formula is C22H18O5. The van der Waals surface area contributed by atoms with Crippen molar-refractivity contribution in [2.75, 3.05) is 0 Å². The Morgan fingerprint density at radius 2 is 1.78 bits per heavy atom. The average Bonchev–Trinajstić information content (AvgIpc) is 3.23. The predicted molar refractivity (Wildman–Crippen MR) is 98.2 cm³/mol. The van der Waals surface area contributed by atoms with Crippen molar-refractivity contribution >= 4 is 18.0 Å². The number of benzene rings is 2. The second-order valence-electron chi connectivity index (χ2n) is 6.44. The molecule has 3 atom stereocenters. The Bertz CT molecular complexity index is 887. The summed E-state index contributed by atoms with van der Waals surface area (Å²) in [4.78, 5) is 23.9. The van der Waals surface area contributed by atoms with Gasteiger partial charge in [0.05, 0.1) is 6.42 Å². The fourth-order valence-corrected chi connectivity index (χ4v) is 3.28. The summed E-state index contributed by atoms with van der Waals surface area (Å²) in [5, 5.41) is 0. The third-order valence-electron chi connectivity index (χ3n) is 4.50. The summed E-state index contributed by atoms with van der Waals surface area (Å²) < 4.78 is 17.0. The van der Waals surface area contributed by atoms with E-state index in [2.05, 4.69) is 0 Å². The Kier molecular flexibility index (Phi) is 4.60. The van der Waals surface area contributed by atoms with Crippen LogP contribution in [0.15, 0.2) is 78.9 Å². The number of esters is 2. The molecule has 0 bridgehead atoms. The molecule has 1 spiro atoms. The highest BCUT2D eigenvalue weighted by Crippen LogP contribution is 2.44. The lowest BCUT2D eigenvalue weighted by Gasteiger charge is -2.21. The van der Waals surface area contributed by atoms with Gasteiger partial charge in [0.15, 0.2) is 0 Å². The van der Waals surface area contributed by atoms with Gasteiger partial charge in [-0.25, -0.2) is 9.59 Å². The van der Waals surface area contributed by atoms with Gasteiger partial charge in [-0.2, -0.15) is 0 Å². The van der Waals surface area contributed by atoms with Gasteiger partial charge in [-0.05, 0) is 23.3 Å². The fourth-order valence-electron chi connectivity index (χ4n) is 3.28. The minimum Gasteiger partial charge on any atom is -0.456 e. The molecule has 5 nitrogen and oxygen atoms in total. The smallest absolute Gasteiger partial charge is 0.333 e. The Morgan fingerprint density at radius 3 is 2.44 bits per heavy atom. The third-order valence-corrected chi connectivity index (χ3v) is 4.50. The predicted octanol–water partition coefficient (Wildman–Crippen LogP) is 3.58. The molecule has 136 valence electrons. The third kappa shape index (κ3) is 3.83. The highest BCUT2D eigenvalue weighted by atomic mass is 16.7. The number of ether oxygens (including phenoxy) is 3. The number of carbonyl (C=O) groups is 2. The first-order valence-corrected chi connectivity index (χ1v) is 8.72. The summed E-state index contributed by atoms with van der Waals surface area (Å²) in [6, 6.07) is 18.9. The van der Waals surface area contributed by atoms with E-state index in [9.17, 15) is 9.59 Å². The van der Waals surface area contributed by atoms with Gasteiger partial charge in [0.1, 0.15) is 12.2 Å². The molecule has 0 unspecified atom stereocenters. The van der Waals surface area contributed by atoms with Gasteiger partial charge in [-0.15, -0.1) is 0 Å². The van der Waals surface area contributed by atoms with Crippen LogP contribution in [0, 0.1) is 0 Å². The van der Waals surface area contributed by atoms with E-state index in [4.69, 9.17) is 14.2 Å². The molecule has 2 aromatic carbocycles. The zero-order valence-corrected chi connectivity index (χ0v) is 14.5. The molecule has 0 amide bonds. The van der Waals surface area contributed by atoms with Crippen molar-refractivity contribution in [2.45, 2.75) is 24.4 Å². The summed E-state index contributed by atoms with van der Waals surface area (Å²) >= 11 is 0. The zero-order chi connectivity index (χ0) is 18.7. The normalized spacial score (nSPS) is 26.6. The van der Waals surface area contributed by atoms with Gasteiger partial charge in [-0.1, -0.05) is 60.7 Å². The summed E-state index contributed by atoms with van der Waals surface area (Å²) in [7, 11) is 0. The molecule has 2 aliphatic rings. The Hall–Kier alpha value is -3.18. The average molecular weight is 362 g/mol. The second kappa shape index (κ2) is 7.21. The minimum absolute atomic E-state index is 0.250. The largest absolute Gasteiger partial charge is 0.456 e. The molecule has 0 N–H and O–H groups in total. The van der Waals surface area contributed by atoms with Crippen LogP contribution in [0.3, 0.4) is 0 Å². The van der Waals surface area contributed by atoms with Crippen LogP contribution in [0.25, 0.3) is 6.08 Å². The van der Waals surface area contributed by atoms with Crippen molar-refractivity contribution in [1.82, 2.24) is 0 Å². The number of hydrogen-bond acceptors (Lipinski definition) is 5. The number of carbonyl (C=O) groups excluding carboxylic acids is 2.